The fraction of sp³-hybridized carbons (Fsp3) is 0.538. The van der Waals surface area contributed by atoms with Crippen LogP contribution in [0.3, 0.4) is 0 Å². The quantitative estimate of drug-likeness (QED) is 0.810. The molecule has 80 valence electrons. The predicted octanol–water partition coefficient (Wildman–Crippen LogP) is 1.95. The van der Waals surface area contributed by atoms with Crippen LogP contribution in [-0.4, -0.2) is 19.7 Å². The Morgan fingerprint density at radius 1 is 1.40 bits per heavy atom. The van der Waals surface area contributed by atoms with Gasteiger partial charge in [0.25, 0.3) is 0 Å². The van der Waals surface area contributed by atoms with E-state index in [-0.39, 0.29) is 0 Å². The van der Waals surface area contributed by atoms with E-state index in [0.717, 1.165) is 24.8 Å². The van der Waals surface area contributed by atoms with Crippen LogP contribution < -0.4 is 10.1 Å². The molecule has 1 aromatic rings. The van der Waals surface area contributed by atoms with Crippen LogP contribution in [-0.2, 0) is 5.41 Å². The summed E-state index contributed by atoms with van der Waals surface area (Å²) in [7, 11) is 0. The number of fused-ring (bicyclic) bond motifs is 1. The van der Waals surface area contributed by atoms with E-state index in [9.17, 15) is 0 Å². The van der Waals surface area contributed by atoms with Crippen molar-refractivity contribution in [2.24, 2.45) is 5.92 Å². The number of hydrogen-bond acceptors (Lipinski definition) is 2. The standard InChI is InChI=1S/C13H17NO/c1-2-15-12-5-3-10(4-6-12)13-7-11(13)8-14-9-13/h3-6,11,14H,2,7-9H2,1H3/t11-,13+/m0/s1. The van der Waals surface area contributed by atoms with Crippen molar-refractivity contribution in [1.82, 2.24) is 5.32 Å². The molecular weight excluding hydrogens is 186 g/mol. The molecular formula is C13H17NO. The molecule has 2 nitrogen and oxygen atoms in total. The number of nitrogens with one attached hydrogen (secondary N) is 1. The van der Waals surface area contributed by atoms with Gasteiger partial charge in [-0.2, -0.15) is 0 Å². The number of ether oxygens (including phenoxy) is 1. The Kier molecular flexibility index (Phi) is 1.99. The van der Waals surface area contributed by atoms with Crippen LogP contribution >= 0.6 is 0 Å². The Bertz CT molecular complexity index is 359. The van der Waals surface area contributed by atoms with Crippen LogP contribution in [0.25, 0.3) is 0 Å². The lowest BCUT2D eigenvalue weighted by atomic mass is 9.95. The molecule has 0 amide bonds. The average Bonchev–Trinajstić information content (AvgIpc) is 2.83. The molecule has 2 aliphatic rings. The average molecular weight is 203 g/mol. The molecule has 0 aromatic heterocycles. The third-order valence-corrected chi connectivity index (χ3v) is 3.80. The molecule has 0 unspecified atom stereocenters. The van der Waals surface area contributed by atoms with Crippen molar-refractivity contribution in [1.29, 1.82) is 0 Å². The summed E-state index contributed by atoms with van der Waals surface area (Å²) in [5.74, 6) is 1.87. The van der Waals surface area contributed by atoms with Crippen LogP contribution in [0.5, 0.6) is 5.75 Å². The highest BCUT2D eigenvalue weighted by atomic mass is 16.5. The molecule has 3 rings (SSSR count). The maximum atomic E-state index is 5.45. The molecule has 15 heavy (non-hydrogen) atoms. The van der Waals surface area contributed by atoms with Crippen molar-refractivity contribution in [3.8, 4) is 5.75 Å². The van der Waals surface area contributed by atoms with Crippen LogP contribution in [0.15, 0.2) is 24.3 Å². The van der Waals surface area contributed by atoms with Gasteiger partial charge in [-0.25, -0.2) is 0 Å². The first kappa shape index (κ1) is 9.22. The smallest absolute Gasteiger partial charge is 0.119 e. The lowest BCUT2D eigenvalue weighted by molar-refractivity contribution is 0.340. The molecule has 0 spiro atoms. The maximum Gasteiger partial charge on any atom is 0.119 e. The molecule has 1 saturated carbocycles. The Morgan fingerprint density at radius 3 is 2.73 bits per heavy atom. The highest BCUT2D eigenvalue weighted by molar-refractivity contribution is 5.39. The van der Waals surface area contributed by atoms with E-state index in [1.165, 1.54) is 18.5 Å². The fourth-order valence-electron chi connectivity index (χ4n) is 2.84. The monoisotopic (exact) mass is 203 g/mol. The molecule has 0 radical (unpaired) electrons. The topological polar surface area (TPSA) is 21.3 Å². The first-order valence-corrected chi connectivity index (χ1v) is 5.79. The van der Waals surface area contributed by atoms with Gasteiger partial charge >= 0.3 is 0 Å². The third-order valence-electron chi connectivity index (χ3n) is 3.80. The van der Waals surface area contributed by atoms with Gasteiger partial charge in [-0.3, -0.25) is 0 Å². The van der Waals surface area contributed by atoms with Crippen LogP contribution in [0, 0.1) is 5.92 Å². The molecule has 1 saturated heterocycles. The molecule has 2 atom stereocenters. The van der Waals surface area contributed by atoms with Crippen LogP contribution in [0.4, 0.5) is 0 Å². The highest BCUT2D eigenvalue weighted by Gasteiger charge is 2.57. The van der Waals surface area contributed by atoms with E-state index < -0.39 is 0 Å². The summed E-state index contributed by atoms with van der Waals surface area (Å²) in [6.45, 7) is 5.12. The number of piperidine rings is 1. The third kappa shape index (κ3) is 1.36. The maximum absolute atomic E-state index is 5.45. The van der Waals surface area contributed by atoms with E-state index in [4.69, 9.17) is 4.74 Å². The zero-order valence-corrected chi connectivity index (χ0v) is 9.12. The lowest BCUT2D eigenvalue weighted by Crippen LogP contribution is -2.19. The van der Waals surface area contributed by atoms with Gasteiger partial charge < -0.3 is 10.1 Å². The number of hydrogen-bond donors (Lipinski definition) is 1. The Morgan fingerprint density at radius 2 is 2.20 bits per heavy atom. The Labute approximate surface area is 90.6 Å². The molecule has 1 N–H and O–H groups in total. The number of rotatable bonds is 3. The summed E-state index contributed by atoms with van der Waals surface area (Å²) in [4.78, 5) is 0. The molecule has 1 heterocycles. The number of benzene rings is 1. The minimum atomic E-state index is 0.477. The minimum Gasteiger partial charge on any atom is -0.494 e. The second-order valence-electron chi connectivity index (χ2n) is 4.65. The molecule has 1 aliphatic heterocycles. The first-order valence-electron chi connectivity index (χ1n) is 5.79. The molecule has 1 aliphatic carbocycles. The Balaban J connectivity index is 1.82. The normalized spacial score (nSPS) is 32.5. The summed E-state index contributed by atoms with van der Waals surface area (Å²) in [5, 5.41) is 3.47. The van der Waals surface area contributed by atoms with Gasteiger partial charge in [-0.15, -0.1) is 0 Å². The second kappa shape index (κ2) is 3.24. The van der Waals surface area contributed by atoms with Gasteiger partial charge in [-0.05, 0) is 43.5 Å². The van der Waals surface area contributed by atoms with Crippen LogP contribution in [0.1, 0.15) is 18.9 Å². The van der Waals surface area contributed by atoms with Crippen molar-refractivity contribution < 1.29 is 4.74 Å². The first-order chi connectivity index (χ1) is 7.35. The second-order valence-corrected chi connectivity index (χ2v) is 4.65. The van der Waals surface area contributed by atoms with Crippen LogP contribution in [0.2, 0.25) is 0 Å². The van der Waals surface area contributed by atoms with Gasteiger partial charge in [0.15, 0.2) is 0 Å². The Hall–Kier alpha value is -1.02. The SMILES string of the molecule is CCOc1ccc([C@@]23CNC[C@@H]2C3)cc1. The van der Waals surface area contributed by atoms with E-state index in [2.05, 4.69) is 29.6 Å². The molecule has 1 aromatic carbocycles. The van der Waals surface area contributed by atoms with Crippen molar-refractivity contribution in [2.75, 3.05) is 19.7 Å². The van der Waals surface area contributed by atoms with E-state index in [0.29, 0.717) is 5.41 Å². The van der Waals surface area contributed by atoms with Crippen molar-refractivity contribution in [2.45, 2.75) is 18.8 Å². The highest BCUT2D eigenvalue weighted by Crippen LogP contribution is 2.56. The van der Waals surface area contributed by atoms with E-state index >= 15 is 0 Å². The summed E-state index contributed by atoms with van der Waals surface area (Å²) < 4.78 is 5.45. The van der Waals surface area contributed by atoms with Gasteiger partial charge in [0, 0.05) is 12.0 Å². The lowest BCUT2D eigenvalue weighted by Gasteiger charge is -2.12. The summed E-state index contributed by atoms with van der Waals surface area (Å²) in [6.07, 6.45) is 1.37. The van der Waals surface area contributed by atoms with Gasteiger partial charge in [0.1, 0.15) is 5.75 Å². The zero-order valence-electron chi connectivity index (χ0n) is 9.12. The van der Waals surface area contributed by atoms with Crippen molar-refractivity contribution in [3.63, 3.8) is 0 Å². The van der Waals surface area contributed by atoms with Crippen molar-refractivity contribution >= 4 is 0 Å². The zero-order chi connectivity index (χ0) is 10.3. The van der Waals surface area contributed by atoms with E-state index in [1.807, 2.05) is 6.92 Å². The predicted molar refractivity (Wildman–Crippen MR) is 60.3 cm³/mol. The molecule has 2 fully saturated rings. The summed E-state index contributed by atoms with van der Waals surface area (Å²) >= 11 is 0. The summed E-state index contributed by atoms with van der Waals surface area (Å²) in [6, 6.07) is 8.67. The van der Waals surface area contributed by atoms with Crippen molar-refractivity contribution in [3.05, 3.63) is 29.8 Å². The van der Waals surface area contributed by atoms with E-state index in [1.54, 1.807) is 0 Å². The van der Waals surface area contributed by atoms with Gasteiger partial charge in [-0.1, -0.05) is 12.1 Å². The molecule has 0 bridgehead atoms. The largest absolute Gasteiger partial charge is 0.494 e. The minimum absolute atomic E-state index is 0.477. The van der Waals surface area contributed by atoms with Gasteiger partial charge in [0.2, 0.25) is 0 Å². The summed E-state index contributed by atoms with van der Waals surface area (Å²) in [5.41, 5.74) is 1.96. The fourth-order valence-corrected chi connectivity index (χ4v) is 2.84. The molecule has 2 heteroatoms. The van der Waals surface area contributed by atoms with Gasteiger partial charge in [0.05, 0.1) is 6.61 Å².